The predicted octanol–water partition coefficient (Wildman–Crippen LogP) is 2.69. The fourth-order valence-electron chi connectivity index (χ4n) is 4.72. The smallest absolute Gasteiger partial charge is 0.303 e. The average molecular weight is 555 g/mol. The maximum atomic E-state index is 12.5. The Morgan fingerprint density at radius 3 is 2.10 bits per heavy atom. The zero-order valence-electron chi connectivity index (χ0n) is 23.8. The highest BCUT2D eigenvalue weighted by atomic mass is 16.5. The summed E-state index contributed by atoms with van der Waals surface area (Å²) >= 11 is 0. The molecule has 0 heterocycles. The number of carboxylic acid groups (broad SMARTS) is 1. The molecule has 0 aromatic heterocycles. The van der Waals surface area contributed by atoms with Crippen LogP contribution in [0.15, 0.2) is 0 Å². The maximum absolute atomic E-state index is 12.5. The summed E-state index contributed by atoms with van der Waals surface area (Å²) in [7, 11) is 0. The first kappa shape index (κ1) is 34.3. The molecule has 11 heteroatoms. The molecular formula is C28H50N4O7. The molecule has 11 nitrogen and oxygen atoms in total. The molecule has 0 saturated heterocycles. The van der Waals surface area contributed by atoms with Gasteiger partial charge in [-0.25, -0.2) is 0 Å². The van der Waals surface area contributed by atoms with Gasteiger partial charge in [0.1, 0.15) is 18.7 Å². The molecule has 0 aliphatic heterocycles. The van der Waals surface area contributed by atoms with Crippen molar-refractivity contribution in [2.24, 2.45) is 5.73 Å². The molecule has 0 radical (unpaired) electrons. The highest BCUT2D eigenvalue weighted by Gasteiger charge is 2.28. The molecule has 0 aromatic rings. The van der Waals surface area contributed by atoms with Crippen molar-refractivity contribution in [2.45, 2.75) is 141 Å². The lowest BCUT2D eigenvalue weighted by molar-refractivity contribution is -0.138. The number of primary amides is 1. The van der Waals surface area contributed by atoms with Gasteiger partial charge in [-0.2, -0.15) is 0 Å². The van der Waals surface area contributed by atoms with Crippen molar-refractivity contribution < 1.29 is 33.8 Å². The number of rotatable bonds is 21. The first-order valence-corrected chi connectivity index (χ1v) is 14.7. The average Bonchev–Trinajstić information content (AvgIpc) is 2.89. The van der Waals surface area contributed by atoms with E-state index in [9.17, 15) is 24.0 Å². The van der Waals surface area contributed by atoms with Gasteiger partial charge in [0.05, 0.1) is 12.1 Å². The molecular weight excluding hydrogens is 504 g/mol. The van der Waals surface area contributed by atoms with Crippen LogP contribution >= 0.6 is 0 Å². The molecule has 4 amide bonds. The minimum atomic E-state index is -1.15. The van der Waals surface area contributed by atoms with Crippen LogP contribution in [0.1, 0.15) is 117 Å². The second kappa shape index (κ2) is 20.2. The topological polar surface area (TPSA) is 177 Å². The molecule has 4 atom stereocenters. The summed E-state index contributed by atoms with van der Waals surface area (Å²) in [6.07, 6.45) is 13.9. The normalized spacial score (nSPS) is 18.5. The first-order valence-electron chi connectivity index (χ1n) is 14.7. The summed E-state index contributed by atoms with van der Waals surface area (Å²) in [6.45, 7) is 3.39. The molecule has 1 saturated carbocycles. The lowest BCUT2D eigenvalue weighted by Crippen LogP contribution is -2.53. The Morgan fingerprint density at radius 2 is 1.49 bits per heavy atom. The van der Waals surface area contributed by atoms with Gasteiger partial charge in [-0.05, 0) is 32.6 Å². The lowest BCUT2D eigenvalue weighted by Gasteiger charge is -2.32. The number of nitrogens with one attached hydrogen (secondary N) is 3. The van der Waals surface area contributed by atoms with E-state index in [1.807, 2.05) is 0 Å². The van der Waals surface area contributed by atoms with Crippen LogP contribution in [0.2, 0.25) is 0 Å². The van der Waals surface area contributed by atoms with Crippen molar-refractivity contribution >= 4 is 29.6 Å². The van der Waals surface area contributed by atoms with Crippen LogP contribution in [0.5, 0.6) is 0 Å². The van der Waals surface area contributed by atoms with Crippen molar-refractivity contribution in [1.29, 1.82) is 0 Å². The van der Waals surface area contributed by atoms with Crippen LogP contribution in [-0.2, 0) is 28.7 Å². The Kier molecular flexibility index (Phi) is 17.8. The number of nitrogens with two attached hydrogens (primary N) is 1. The van der Waals surface area contributed by atoms with E-state index in [1.165, 1.54) is 45.4 Å². The zero-order chi connectivity index (χ0) is 29.0. The number of carboxylic acids is 1. The van der Waals surface area contributed by atoms with E-state index in [1.54, 1.807) is 0 Å². The highest BCUT2D eigenvalue weighted by molar-refractivity contribution is 5.91. The van der Waals surface area contributed by atoms with Gasteiger partial charge in [-0.15, -0.1) is 0 Å². The van der Waals surface area contributed by atoms with Crippen molar-refractivity contribution in [1.82, 2.24) is 16.0 Å². The number of ether oxygens (including phenoxy) is 1. The first-order chi connectivity index (χ1) is 18.6. The van der Waals surface area contributed by atoms with E-state index < -0.39 is 35.8 Å². The molecule has 1 rings (SSSR count). The number of carbonyl (C=O) groups is 5. The SMILES string of the molecule is CCCCCCCCCCCC(=O)N[C@@H]1CCCC[C@H]1OCC(=O)N[C@@H](C)C(=O)N[C@H](CCC(=O)O)C(N)=O. The van der Waals surface area contributed by atoms with Crippen molar-refractivity contribution in [3.05, 3.63) is 0 Å². The number of hydrogen-bond acceptors (Lipinski definition) is 6. The van der Waals surface area contributed by atoms with E-state index in [-0.39, 0.29) is 37.5 Å². The van der Waals surface area contributed by atoms with Crippen molar-refractivity contribution in [3.63, 3.8) is 0 Å². The van der Waals surface area contributed by atoms with E-state index in [4.69, 9.17) is 15.6 Å². The zero-order valence-corrected chi connectivity index (χ0v) is 23.8. The molecule has 0 unspecified atom stereocenters. The third kappa shape index (κ3) is 16.1. The fraction of sp³-hybridized carbons (Fsp3) is 0.821. The maximum Gasteiger partial charge on any atom is 0.303 e. The number of hydrogen-bond donors (Lipinski definition) is 5. The summed E-state index contributed by atoms with van der Waals surface area (Å²) in [5.41, 5.74) is 5.23. The van der Waals surface area contributed by atoms with E-state index >= 15 is 0 Å². The molecule has 0 aromatic carbocycles. The van der Waals surface area contributed by atoms with Crippen LogP contribution < -0.4 is 21.7 Å². The molecule has 1 aliphatic carbocycles. The van der Waals surface area contributed by atoms with Gasteiger partial charge in [-0.3, -0.25) is 24.0 Å². The second-order valence-electron chi connectivity index (χ2n) is 10.6. The third-order valence-electron chi connectivity index (χ3n) is 7.06. The Morgan fingerprint density at radius 1 is 0.872 bits per heavy atom. The third-order valence-corrected chi connectivity index (χ3v) is 7.06. The minimum Gasteiger partial charge on any atom is -0.481 e. The fourth-order valence-corrected chi connectivity index (χ4v) is 4.72. The molecule has 0 spiro atoms. The van der Waals surface area contributed by atoms with Crippen molar-refractivity contribution in [3.8, 4) is 0 Å². The number of unbranched alkanes of at least 4 members (excludes halogenated alkanes) is 8. The monoisotopic (exact) mass is 554 g/mol. The number of carbonyl (C=O) groups excluding carboxylic acids is 4. The van der Waals surface area contributed by atoms with Gasteiger partial charge in [-0.1, -0.05) is 71.1 Å². The van der Waals surface area contributed by atoms with E-state index in [0.717, 1.165) is 44.9 Å². The summed E-state index contributed by atoms with van der Waals surface area (Å²) in [4.78, 5) is 59.5. The molecule has 1 aliphatic rings. The highest BCUT2D eigenvalue weighted by Crippen LogP contribution is 2.21. The number of aliphatic carboxylic acids is 1. The molecule has 6 N–H and O–H groups in total. The van der Waals surface area contributed by atoms with Gasteiger partial charge in [0.2, 0.25) is 23.6 Å². The van der Waals surface area contributed by atoms with Gasteiger partial charge in [0.25, 0.3) is 0 Å². The molecule has 224 valence electrons. The van der Waals surface area contributed by atoms with Gasteiger partial charge in [0, 0.05) is 12.8 Å². The van der Waals surface area contributed by atoms with Gasteiger partial charge < -0.3 is 31.5 Å². The quantitative estimate of drug-likeness (QED) is 0.135. The van der Waals surface area contributed by atoms with Crippen LogP contribution in [0.4, 0.5) is 0 Å². The summed E-state index contributed by atoms with van der Waals surface area (Å²) in [5.74, 6) is -3.12. The largest absolute Gasteiger partial charge is 0.481 e. The summed E-state index contributed by atoms with van der Waals surface area (Å²) in [5, 5.41) is 16.7. The standard InChI is InChI=1S/C28H50N4O7/c1-3-4-5-6-7-8-9-10-11-16-24(33)31-21-14-12-13-15-23(21)39-19-25(34)30-20(2)28(38)32-22(27(29)37)17-18-26(35)36/h20-23H,3-19H2,1-2H3,(H2,29,37)(H,30,34)(H,31,33)(H,32,38)(H,35,36)/t20-,21+,22+,23+/m0/s1. The molecule has 1 fully saturated rings. The van der Waals surface area contributed by atoms with E-state index in [2.05, 4.69) is 22.9 Å². The van der Waals surface area contributed by atoms with E-state index in [0.29, 0.717) is 6.42 Å². The minimum absolute atomic E-state index is 0.0140. The molecule has 0 bridgehead atoms. The predicted molar refractivity (Wildman–Crippen MR) is 148 cm³/mol. The number of amides is 4. The van der Waals surface area contributed by atoms with Crippen LogP contribution in [0.3, 0.4) is 0 Å². The van der Waals surface area contributed by atoms with Gasteiger partial charge in [0.15, 0.2) is 0 Å². The van der Waals surface area contributed by atoms with Gasteiger partial charge >= 0.3 is 5.97 Å². The van der Waals surface area contributed by atoms with Crippen LogP contribution in [-0.4, -0.2) is 65.5 Å². The summed E-state index contributed by atoms with van der Waals surface area (Å²) in [6, 6.07) is -2.28. The Bertz CT molecular complexity index is 777. The van der Waals surface area contributed by atoms with Crippen LogP contribution in [0.25, 0.3) is 0 Å². The van der Waals surface area contributed by atoms with Crippen molar-refractivity contribution in [2.75, 3.05) is 6.61 Å². The Hall–Kier alpha value is -2.69. The summed E-state index contributed by atoms with van der Waals surface area (Å²) < 4.78 is 5.82. The van der Waals surface area contributed by atoms with Crippen LogP contribution in [0, 0.1) is 0 Å². The Balaban J connectivity index is 2.35. The second-order valence-corrected chi connectivity index (χ2v) is 10.6. The molecule has 39 heavy (non-hydrogen) atoms. The Labute approximate surface area is 232 Å². The lowest BCUT2D eigenvalue weighted by atomic mass is 9.92.